The zero-order chi connectivity index (χ0) is 30.7. The van der Waals surface area contributed by atoms with E-state index in [1.165, 1.54) is 6.26 Å². The normalized spacial score (nSPS) is 13.8. The van der Waals surface area contributed by atoms with E-state index >= 15 is 0 Å². The predicted molar refractivity (Wildman–Crippen MR) is 176 cm³/mol. The fourth-order valence-corrected chi connectivity index (χ4v) is 5.73. The van der Waals surface area contributed by atoms with Crippen molar-refractivity contribution in [3.05, 3.63) is 97.9 Å². The second-order valence-electron chi connectivity index (χ2n) is 10.1. The molecule has 0 aromatic heterocycles. The third kappa shape index (κ3) is 11.6. The number of rotatable bonds is 10. The van der Waals surface area contributed by atoms with E-state index in [1.807, 2.05) is 30.3 Å². The lowest BCUT2D eigenvalue weighted by Crippen LogP contribution is -2.47. The Morgan fingerprint density at radius 1 is 0.857 bits per heavy atom. The van der Waals surface area contributed by atoms with Gasteiger partial charge in [0.15, 0.2) is 0 Å². The summed E-state index contributed by atoms with van der Waals surface area (Å²) in [5.41, 5.74) is 2.57. The van der Waals surface area contributed by atoms with Gasteiger partial charge in [-0.05, 0) is 61.3 Å². The van der Waals surface area contributed by atoms with Crippen LogP contribution in [-0.4, -0.2) is 76.7 Å². The average Bonchev–Trinajstić information content (AvgIpc) is 2.95. The maximum absolute atomic E-state index is 12.6. The number of nitrogens with one attached hydrogen (secondary N) is 1. The SMILES string of the molecule is CN(CCCCN1CCN(c2ccccc2CNS(C)(=O)=O)CC1)C(=O)c1cc(Cl)cc(Cl)c1.Clc1ccccc1Cl. The summed E-state index contributed by atoms with van der Waals surface area (Å²) in [7, 11) is -1.44. The Morgan fingerprint density at radius 2 is 1.43 bits per heavy atom. The molecule has 12 heteroatoms. The van der Waals surface area contributed by atoms with Crippen molar-refractivity contribution in [2.24, 2.45) is 0 Å². The van der Waals surface area contributed by atoms with Crippen LogP contribution in [0, 0.1) is 0 Å². The maximum atomic E-state index is 12.6. The lowest BCUT2D eigenvalue weighted by Gasteiger charge is -2.37. The first kappa shape index (κ1) is 34.5. The highest BCUT2D eigenvalue weighted by Gasteiger charge is 2.19. The van der Waals surface area contributed by atoms with Gasteiger partial charge in [-0.15, -0.1) is 0 Å². The Balaban J connectivity index is 0.000000521. The van der Waals surface area contributed by atoms with Crippen molar-refractivity contribution in [1.29, 1.82) is 0 Å². The van der Waals surface area contributed by atoms with Gasteiger partial charge in [0.1, 0.15) is 0 Å². The molecule has 1 aliphatic heterocycles. The van der Waals surface area contributed by atoms with E-state index in [0.29, 0.717) is 38.7 Å². The molecule has 42 heavy (non-hydrogen) atoms. The fourth-order valence-electron chi connectivity index (χ4n) is 4.51. The van der Waals surface area contributed by atoms with Crippen LogP contribution in [0.3, 0.4) is 0 Å². The predicted octanol–water partition coefficient (Wildman–Crippen LogP) is 6.71. The van der Waals surface area contributed by atoms with E-state index in [1.54, 1.807) is 42.3 Å². The van der Waals surface area contributed by atoms with Crippen LogP contribution in [0.2, 0.25) is 20.1 Å². The molecule has 1 N–H and O–H groups in total. The van der Waals surface area contributed by atoms with Gasteiger partial charge in [-0.2, -0.15) is 0 Å². The summed E-state index contributed by atoms with van der Waals surface area (Å²) in [6.07, 6.45) is 3.09. The number of hydrogen-bond acceptors (Lipinski definition) is 5. The van der Waals surface area contributed by atoms with Crippen molar-refractivity contribution >= 4 is 68.0 Å². The highest BCUT2D eigenvalue weighted by Crippen LogP contribution is 2.23. The summed E-state index contributed by atoms with van der Waals surface area (Å²) in [5, 5.41) is 2.12. The Labute approximate surface area is 269 Å². The summed E-state index contributed by atoms with van der Waals surface area (Å²) in [6, 6.07) is 20.0. The number of benzene rings is 3. The zero-order valence-corrected chi connectivity index (χ0v) is 27.5. The standard InChI is InChI=1S/C24H32Cl2N4O3S.C6H4Cl2/c1-28(24(31)20-15-21(25)17-22(26)16-20)9-5-6-10-29-11-13-30(14-12-29)23-8-4-3-7-19(23)18-27-34(2,32)33;7-5-3-1-2-4-6(5)8/h3-4,7-8,15-17,27H,5-6,9-14,18H2,1-2H3;1-4H. The van der Waals surface area contributed by atoms with Gasteiger partial charge in [0, 0.05) is 67.6 Å². The highest BCUT2D eigenvalue weighted by atomic mass is 35.5. The van der Waals surface area contributed by atoms with Crippen LogP contribution in [0.15, 0.2) is 66.7 Å². The van der Waals surface area contributed by atoms with Crippen LogP contribution >= 0.6 is 46.4 Å². The Bertz CT molecular complexity index is 1390. The Hall–Kier alpha value is -2.04. The van der Waals surface area contributed by atoms with E-state index in [2.05, 4.69) is 20.6 Å². The van der Waals surface area contributed by atoms with E-state index < -0.39 is 10.0 Å². The molecule has 1 saturated heterocycles. The number of halogens is 4. The molecule has 0 bridgehead atoms. The molecular formula is C30H36Cl4N4O3S. The summed E-state index contributed by atoms with van der Waals surface area (Å²) >= 11 is 23.2. The lowest BCUT2D eigenvalue weighted by atomic mass is 10.1. The number of para-hydroxylation sites is 1. The van der Waals surface area contributed by atoms with Gasteiger partial charge in [-0.1, -0.05) is 76.7 Å². The summed E-state index contributed by atoms with van der Waals surface area (Å²) in [5.74, 6) is -0.0814. The van der Waals surface area contributed by atoms with Gasteiger partial charge in [0.05, 0.1) is 16.3 Å². The summed E-state index contributed by atoms with van der Waals surface area (Å²) in [4.78, 5) is 19.1. The molecule has 0 radical (unpaired) electrons. The highest BCUT2D eigenvalue weighted by molar-refractivity contribution is 7.88. The molecule has 0 saturated carbocycles. The van der Waals surface area contributed by atoms with Crippen molar-refractivity contribution in [2.75, 3.05) is 57.5 Å². The molecule has 0 aliphatic carbocycles. The lowest BCUT2D eigenvalue weighted by molar-refractivity contribution is 0.0791. The van der Waals surface area contributed by atoms with Crippen molar-refractivity contribution < 1.29 is 13.2 Å². The molecule has 0 unspecified atom stereocenters. The minimum atomic E-state index is -3.24. The molecule has 0 atom stereocenters. The molecule has 1 heterocycles. The number of sulfonamides is 1. The van der Waals surface area contributed by atoms with Crippen LogP contribution < -0.4 is 9.62 Å². The van der Waals surface area contributed by atoms with Crippen LogP contribution in [-0.2, 0) is 16.6 Å². The molecule has 7 nitrogen and oxygen atoms in total. The minimum Gasteiger partial charge on any atom is -0.369 e. The number of piperazine rings is 1. The first-order chi connectivity index (χ1) is 19.9. The van der Waals surface area contributed by atoms with Crippen molar-refractivity contribution in [1.82, 2.24) is 14.5 Å². The second-order valence-corrected chi connectivity index (χ2v) is 13.6. The number of anilines is 1. The Morgan fingerprint density at radius 3 is 2.00 bits per heavy atom. The quantitative estimate of drug-likeness (QED) is 0.242. The number of carbonyl (C=O) groups is 1. The molecule has 3 aromatic carbocycles. The smallest absolute Gasteiger partial charge is 0.253 e. The summed E-state index contributed by atoms with van der Waals surface area (Å²) < 4.78 is 25.5. The van der Waals surface area contributed by atoms with Crippen LogP contribution in [0.4, 0.5) is 5.69 Å². The molecule has 1 fully saturated rings. The van der Waals surface area contributed by atoms with Gasteiger partial charge < -0.3 is 9.80 Å². The zero-order valence-electron chi connectivity index (χ0n) is 23.7. The van der Waals surface area contributed by atoms with E-state index in [-0.39, 0.29) is 5.91 Å². The maximum Gasteiger partial charge on any atom is 0.253 e. The topological polar surface area (TPSA) is 73.0 Å². The molecular weight excluding hydrogens is 638 g/mol. The molecule has 0 spiro atoms. The second kappa shape index (κ2) is 16.7. The third-order valence-electron chi connectivity index (χ3n) is 6.73. The Kier molecular flexibility index (Phi) is 13.7. The van der Waals surface area contributed by atoms with Gasteiger partial charge in [0.25, 0.3) is 5.91 Å². The van der Waals surface area contributed by atoms with Gasteiger partial charge in [0.2, 0.25) is 10.0 Å². The van der Waals surface area contributed by atoms with Gasteiger partial charge in [-0.25, -0.2) is 13.1 Å². The van der Waals surface area contributed by atoms with E-state index in [0.717, 1.165) is 56.8 Å². The van der Waals surface area contributed by atoms with E-state index in [9.17, 15) is 13.2 Å². The first-order valence-electron chi connectivity index (χ1n) is 13.5. The minimum absolute atomic E-state index is 0.0814. The largest absolute Gasteiger partial charge is 0.369 e. The monoisotopic (exact) mass is 672 g/mol. The van der Waals surface area contributed by atoms with E-state index in [4.69, 9.17) is 46.4 Å². The third-order valence-corrected chi connectivity index (χ3v) is 8.59. The van der Waals surface area contributed by atoms with Gasteiger partial charge in [-0.3, -0.25) is 9.69 Å². The molecule has 228 valence electrons. The number of unbranched alkanes of at least 4 members (excludes halogenated alkanes) is 1. The van der Waals surface area contributed by atoms with Crippen molar-refractivity contribution in [2.45, 2.75) is 19.4 Å². The summed E-state index contributed by atoms with van der Waals surface area (Å²) in [6.45, 7) is 5.63. The number of amides is 1. The number of nitrogens with zero attached hydrogens (tertiary/aromatic N) is 3. The molecule has 4 rings (SSSR count). The fraction of sp³-hybridized carbons (Fsp3) is 0.367. The van der Waals surface area contributed by atoms with Crippen molar-refractivity contribution in [3.8, 4) is 0 Å². The average molecular weight is 675 g/mol. The number of carbonyl (C=O) groups excluding carboxylic acids is 1. The molecule has 1 amide bonds. The number of hydrogen-bond donors (Lipinski definition) is 1. The van der Waals surface area contributed by atoms with Crippen LogP contribution in [0.25, 0.3) is 0 Å². The van der Waals surface area contributed by atoms with Crippen LogP contribution in [0.5, 0.6) is 0 Å². The van der Waals surface area contributed by atoms with Crippen molar-refractivity contribution in [3.63, 3.8) is 0 Å². The van der Waals surface area contributed by atoms with Crippen LogP contribution in [0.1, 0.15) is 28.8 Å². The van der Waals surface area contributed by atoms with Gasteiger partial charge >= 0.3 is 0 Å². The molecule has 3 aromatic rings. The first-order valence-corrected chi connectivity index (χ1v) is 16.9. The molecule has 1 aliphatic rings.